The maximum atomic E-state index is 11.7. The van der Waals surface area contributed by atoms with Crippen LogP contribution in [0.5, 0.6) is 0 Å². The van der Waals surface area contributed by atoms with E-state index in [0.29, 0.717) is 29.2 Å². The smallest absolute Gasteiger partial charge is 0.228 e. The predicted molar refractivity (Wildman–Crippen MR) is 62.3 cm³/mol. The van der Waals surface area contributed by atoms with E-state index < -0.39 is 0 Å². The van der Waals surface area contributed by atoms with E-state index in [2.05, 4.69) is 0 Å². The lowest BCUT2D eigenvalue weighted by molar-refractivity contribution is -0.117. The zero-order chi connectivity index (χ0) is 11.7. The number of aliphatic hydroxyl groups excluding tert-OH is 1. The molecule has 1 aliphatic heterocycles. The van der Waals surface area contributed by atoms with Crippen molar-refractivity contribution in [3.8, 4) is 0 Å². The highest BCUT2D eigenvalue weighted by Crippen LogP contribution is 2.32. The van der Waals surface area contributed by atoms with Gasteiger partial charge in [0.25, 0.3) is 0 Å². The molecule has 86 valence electrons. The van der Waals surface area contributed by atoms with E-state index in [9.17, 15) is 9.90 Å². The fraction of sp³-hybridized carbons (Fsp3) is 0.364. The molecule has 0 saturated carbocycles. The molecule has 1 saturated heterocycles. The van der Waals surface area contributed by atoms with Gasteiger partial charge in [-0.25, -0.2) is 0 Å². The fourth-order valence-corrected chi connectivity index (χ4v) is 2.24. The van der Waals surface area contributed by atoms with Crippen molar-refractivity contribution >= 4 is 23.2 Å². The summed E-state index contributed by atoms with van der Waals surface area (Å²) in [5.41, 5.74) is 6.96. The number of hydrogen-bond acceptors (Lipinski definition) is 3. The minimum absolute atomic E-state index is 0.0460. The zero-order valence-corrected chi connectivity index (χ0v) is 9.44. The third kappa shape index (κ3) is 1.91. The number of carbonyl (C=O) groups excluding carboxylic acids is 1. The second kappa shape index (κ2) is 4.41. The summed E-state index contributed by atoms with van der Waals surface area (Å²) < 4.78 is 0. The van der Waals surface area contributed by atoms with Crippen molar-refractivity contribution in [2.45, 2.75) is 19.1 Å². The number of halogens is 1. The minimum Gasteiger partial charge on any atom is -0.392 e. The van der Waals surface area contributed by atoms with Gasteiger partial charge in [0.1, 0.15) is 0 Å². The van der Waals surface area contributed by atoms with E-state index in [0.717, 1.165) is 0 Å². The highest BCUT2D eigenvalue weighted by atomic mass is 35.5. The molecule has 1 aromatic carbocycles. The predicted octanol–water partition coefficient (Wildman–Crippen LogP) is 0.896. The number of hydrogen-bond donors (Lipinski definition) is 2. The first-order chi connectivity index (χ1) is 7.63. The lowest BCUT2D eigenvalue weighted by Crippen LogP contribution is -2.29. The Labute approximate surface area is 98.6 Å². The first-order valence-electron chi connectivity index (χ1n) is 5.07. The van der Waals surface area contributed by atoms with Crippen molar-refractivity contribution in [2.75, 3.05) is 11.4 Å². The number of nitrogens with two attached hydrogens (primary N) is 1. The van der Waals surface area contributed by atoms with Crippen LogP contribution in [-0.4, -0.2) is 23.6 Å². The van der Waals surface area contributed by atoms with Crippen LogP contribution >= 0.6 is 11.6 Å². The molecule has 0 aliphatic carbocycles. The number of nitrogens with zero attached hydrogens (tertiary/aromatic N) is 1. The molecule has 5 heteroatoms. The van der Waals surface area contributed by atoms with Gasteiger partial charge in [0, 0.05) is 24.6 Å². The van der Waals surface area contributed by atoms with E-state index in [1.165, 1.54) is 0 Å². The summed E-state index contributed by atoms with van der Waals surface area (Å²) in [6.45, 7) is 0.310. The van der Waals surface area contributed by atoms with Crippen molar-refractivity contribution in [1.29, 1.82) is 0 Å². The molecule has 1 aromatic rings. The normalized spacial score (nSPS) is 20.6. The third-order valence-electron chi connectivity index (χ3n) is 2.67. The second-order valence-corrected chi connectivity index (χ2v) is 4.28. The van der Waals surface area contributed by atoms with Crippen LogP contribution < -0.4 is 10.6 Å². The molecule has 1 unspecified atom stereocenters. The maximum absolute atomic E-state index is 11.7. The van der Waals surface area contributed by atoms with Gasteiger partial charge in [-0.3, -0.25) is 4.79 Å². The van der Waals surface area contributed by atoms with Crippen LogP contribution in [0.2, 0.25) is 5.02 Å². The topological polar surface area (TPSA) is 66.6 Å². The van der Waals surface area contributed by atoms with Crippen molar-refractivity contribution in [3.05, 3.63) is 28.8 Å². The number of benzene rings is 1. The number of para-hydroxylation sites is 1. The summed E-state index contributed by atoms with van der Waals surface area (Å²) >= 11 is 6.06. The highest BCUT2D eigenvalue weighted by molar-refractivity contribution is 6.34. The van der Waals surface area contributed by atoms with Gasteiger partial charge in [0.05, 0.1) is 17.3 Å². The Bertz CT molecular complexity index is 422. The average Bonchev–Trinajstić information content (AvgIpc) is 2.57. The van der Waals surface area contributed by atoms with Gasteiger partial charge in [-0.2, -0.15) is 0 Å². The lowest BCUT2D eigenvalue weighted by atomic mass is 10.1. The number of rotatable bonds is 2. The van der Waals surface area contributed by atoms with E-state index in [1.54, 1.807) is 23.1 Å². The molecular weight excluding hydrogens is 228 g/mol. The van der Waals surface area contributed by atoms with Crippen LogP contribution in [0.15, 0.2) is 18.2 Å². The molecule has 3 N–H and O–H groups in total. The van der Waals surface area contributed by atoms with E-state index in [1.807, 2.05) is 0 Å². The Morgan fingerprint density at radius 2 is 2.31 bits per heavy atom. The Balaban J connectivity index is 2.43. The Morgan fingerprint density at radius 3 is 2.88 bits per heavy atom. The second-order valence-electron chi connectivity index (χ2n) is 3.87. The highest BCUT2D eigenvalue weighted by Gasteiger charge is 2.30. The van der Waals surface area contributed by atoms with Gasteiger partial charge in [-0.15, -0.1) is 0 Å². The number of anilines is 1. The Kier molecular flexibility index (Phi) is 3.14. The first kappa shape index (κ1) is 11.4. The van der Waals surface area contributed by atoms with E-state index in [4.69, 9.17) is 17.3 Å². The summed E-state index contributed by atoms with van der Waals surface area (Å²) in [5, 5.41) is 9.69. The standard InChI is InChI=1S/C11H13ClN2O2/c12-9-3-1-2-7(6-15)11(9)14-5-8(13)4-10(14)16/h1-3,8,15H,4-6,13H2. The van der Waals surface area contributed by atoms with E-state index >= 15 is 0 Å². The molecule has 0 radical (unpaired) electrons. The molecule has 2 rings (SSSR count). The van der Waals surface area contributed by atoms with Gasteiger partial charge < -0.3 is 15.7 Å². The number of amides is 1. The zero-order valence-electron chi connectivity index (χ0n) is 8.69. The summed E-state index contributed by atoms with van der Waals surface area (Å²) in [5.74, 6) is -0.0460. The van der Waals surface area contributed by atoms with Crippen LogP contribution in [-0.2, 0) is 11.4 Å². The minimum atomic E-state index is -0.157. The average molecular weight is 241 g/mol. The summed E-state index contributed by atoms with van der Waals surface area (Å²) in [4.78, 5) is 13.3. The van der Waals surface area contributed by atoms with Crippen molar-refractivity contribution in [3.63, 3.8) is 0 Å². The summed E-state index contributed by atoms with van der Waals surface area (Å²) in [6.07, 6.45) is 0.329. The largest absolute Gasteiger partial charge is 0.392 e. The third-order valence-corrected chi connectivity index (χ3v) is 2.97. The monoisotopic (exact) mass is 240 g/mol. The van der Waals surface area contributed by atoms with Gasteiger partial charge in [-0.1, -0.05) is 23.7 Å². The van der Waals surface area contributed by atoms with Crippen molar-refractivity contribution < 1.29 is 9.90 Å². The summed E-state index contributed by atoms with van der Waals surface area (Å²) in [6, 6.07) is 5.04. The summed E-state index contributed by atoms with van der Waals surface area (Å²) in [7, 11) is 0. The Hall–Kier alpha value is -1.10. The van der Waals surface area contributed by atoms with E-state index in [-0.39, 0.29) is 18.6 Å². The number of carbonyl (C=O) groups is 1. The molecule has 0 aromatic heterocycles. The van der Waals surface area contributed by atoms with Crippen molar-refractivity contribution in [1.82, 2.24) is 0 Å². The van der Waals surface area contributed by atoms with Gasteiger partial charge in [0.2, 0.25) is 5.91 Å². The van der Waals surface area contributed by atoms with Crippen LogP contribution in [0, 0.1) is 0 Å². The lowest BCUT2D eigenvalue weighted by Gasteiger charge is -2.20. The molecule has 4 nitrogen and oxygen atoms in total. The first-order valence-corrected chi connectivity index (χ1v) is 5.45. The van der Waals surface area contributed by atoms with Crippen molar-refractivity contribution in [2.24, 2.45) is 5.73 Å². The molecule has 1 fully saturated rings. The molecule has 1 aliphatic rings. The van der Waals surface area contributed by atoms with Gasteiger partial charge >= 0.3 is 0 Å². The SMILES string of the molecule is NC1CC(=O)N(c2c(Cl)cccc2CO)C1. The molecule has 1 heterocycles. The fourth-order valence-electron chi connectivity index (χ4n) is 1.94. The van der Waals surface area contributed by atoms with Crippen LogP contribution in [0.25, 0.3) is 0 Å². The van der Waals surface area contributed by atoms with Crippen LogP contribution in [0.4, 0.5) is 5.69 Å². The molecule has 1 atom stereocenters. The quantitative estimate of drug-likeness (QED) is 0.807. The molecule has 1 amide bonds. The maximum Gasteiger partial charge on any atom is 0.228 e. The van der Waals surface area contributed by atoms with Crippen LogP contribution in [0.3, 0.4) is 0 Å². The molecule has 0 bridgehead atoms. The molecule has 0 spiro atoms. The van der Waals surface area contributed by atoms with Gasteiger partial charge in [0.15, 0.2) is 0 Å². The Morgan fingerprint density at radius 1 is 1.56 bits per heavy atom. The van der Waals surface area contributed by atoms with Gasteiger partial charge in [-0.05, 0) is 6.07 Å². The molecule has 16 heavy (non-hydrogen) atoms. The van der Waals surface area contributed by atoms with Crippen LogP contribution in [0.1, 0.15) is 12.0 Å². The number of aliphatic hydroxyl groups is 1. The molecular formula is C11H13ClN2O2.